The summed E-state index contributed by atoms with van der Waals surface area (Å²) in [5.41, 5.74) is 2.61. The number of anilines is 2. The van der Waals surface area contributed by atoms with Crippen molar-refractivity contribution in [2.24, 2.45) is 0 Å². The largest absolute Gasteiger partial charge is 0.301 e. The summed E-state index contributed by atoms with van der Waals surface area (Å²) in [6, 6.07) is 5.66. The molecule has 2 rings (SSSR count). The van der Waals surface area contributed by atoms with Crippen molar-refractivity contribution in [1.29, 1.82) is 0 Å². The zero-order chi connectivity index (χ0) is 20.9. The number of aryl methyl sites for hydroxylation is 2. The van der Waals surface area contributed by atoms with Crippen LogP contribution < -0.4 is 9.62 Å². The van der Waals surface area contributed by atoms with Gasteiger partial charge >= 0.3 is 0 Å². The van der Waals surface area contributed by atoms with E-state index in [1.165, 1.54) is 21.9 Å². The molecule has 154 valence electrons. The second-order valence-electron chi connectivity index (χ2n) is 6.87. The second kappa shape index (κ2) is 9.71. The van der Waals surface area contributed by atoms with Crippen LogP contribution in [0.1, 0.15) is 37.8 Å². The maximum Gasteiger partial charge on any atom is 0.232 e. The van der Waals surface area contributed by atoms with E-state index in [1.807, 2.05) is 32.0 Å². The number of hydrogen-bond acceptors (Lipinski definition) is 7. The fourth-order valence-electron chi connectivity index (χ4n) is 2.66. The number of nitrogens with one attached hydrogen (secondary N) is 1. The number of carbonyl (C=O) groups is 1. The van der Waals surface area contributed by atoms with Gasteiger partial charge in [0.25, 0.3) is 0 Å². The molecule has 1 aromatic carbocycles. The van der Waals surface area contributed by atoms with Crippen LogP contribution in [0.4, 0.5) is 10.8 Å². The number of carbonyl (C=O) groups excluding carboxylic acids is 1. The highest BCUT2D eigenvalue weighted by molar-refractivity contribution is 8.01. The normalized spacial score (nSPS) is 11.6. The average Bonchev–Trinajstić information content (AvgIpc) is 2.95. The zero-order valence-corrected chi connectivity index (χ0v) is 19.2. The van der Waals surface area contributed by atoms with Gasteiger partial charge in [0.15, 0.2) is 4.34 Å². The minimum atomic E-state index is -3.44. The predicted molar refractivity (Wildman–Crippen MR) is 117 cm³/mol. The van der Waals surface area contributed by atoms with Gasteiger partial charge in [-0.2, -0.15) is 0 Å². The number of hydrogen-bond donors (Lipinski definition) is 1. The molecule has 0 bridgehead atoms. The monoisotopic (exact) mass is 442 g/mol. The molecule has 1 amide bonds. The lowest BCUT2D eigenvalue weighted by molar-refractivity contribution is -0.116. The molecule has 7 nitrogen and oxygen atoms in total. The molecule has 1 aromatic heterocycles. The van der Waals surface area contributed by atoms with Gasteiger partial charge < -0.3 is 5.32 Å². The number of rotatable bonds is 9. The maximum atomic E-state index is 12.2. The maximum absolute atomic E-state index is 12.2. The van der Waals surface area contributed by atoms with Crippen molar-refractivity contribution in [2.45, 2.75) is 50.1 Å². The first-order valence-electron chi connectivity index (χ1n) is 8.90. The van der Waals surface area contributed by atoms with Gasteiger partial charge in [-0.25, -0.2) is 8.42 Å². The minimum absolute atomic E-state index is 0.197. The van der Waals surface area contributed by atoms with Crippen LogP contribution in [0.15, 0.2) is 22.5 Å². The van der Waals surface area contributed by atoms with Crippen molar-refractivity contribution in [2.75, 3.05) is 22.4 Å². The third-order valence-corrected chi connectivity index (χ3v) is 6.77. The summed E-state index contributed by atoms with van der Waals surface area (Å²) in [7, 11) is -3.44. The zero-order valence-electron chi connectivity index (χ0n) is 16.7. The van der Waals surface area contributed by atoms with E-state index in [0.717, 1.165) is 15.5 Å². The Hall–Kier alpha value is -1.65. The van der Waals surface area contributed by atoms with Crippen LogP contribution in [0.2, 0.25) is 0 Å². The molecular weight excluding hydrogens is 416 g/mol. The lowest BCUT2D eigenvalue weighted by atomic mass is 10.1. The van der Waals surface area contributed by atoms with Crippen molar-refractivity contribution in [3.05, 3.63) is 29.3 Å². The molecule has 28 heavy (non-hydrogen) atoms. The SMILES string of the molecule is Cc1cc(C)cc(N(CCCC(=O)Nc2nnc(SC(C)C)s2)S(C)(=O)=O)c1. The number of aromatic nitrogens is 2. The Morgan fingerprint density at radius 3 is 2.43 bits per heavy atom. The van der Waals surface area contributed by atoms with Crippen molar-refractivity contribution >= 4 is 49.8 Å². The molecule has 10 heteroatoms. The molecule has 0 fully saturated rings. The molecule has 0 unspecified atom stereocenters. The van der Waals surface area contributed by atoms with Gasteiger partial charge in [-0.3, -0.25) is 9.10 Å². The fourth-order valence-corrected chi connectivity index (χ4v) is 5.60. The molecule has 1 heterocycles. The molecule has 2 aromatic rings. The van der Waals surface area contributed by atoms with Crippen LogP contribution >= 0.6 is 23.1 Å². The summed E-state index contributed by atoms with van der Waals surface area (Å²) in [5.74, 6) is -0.203. The Morgan fingerprint density at radius 1 is 1.21 bits per heavy atom. The average molecular weight is 443 g/mol. The number of amides is 1. The van der Waals surface area contributed by atoms with Gasteiger partial charge in [-0.15, -0.1) is 10.2 Å². The number of nitrogens with zero attached hydrogens (tertiary/aromatic N) is 3. The molecule has 0 aliphatic carbocycles. The van der Waals surface area contributed by atoms with Gasteiger partial charge in [0, 0.05) is 18.2 Å². The smallest absolute Gasteiger partial charge is 0.232 e. The van der Waals surface area contributed by atoms with E-state index in [-0.39, 0.29) is 18.9 Å². The van der Waals surface area contributed by atoms with Crippen LogP contribution in [-0.2, 0) is 14.8 Å². The molecule has 1 N–H and O–H groups in total. The van der Waals surface area contributed by atoms with E-state index >= 15 is 0 Å². The van der Waals surface area contributed by atoms with Gasteiger partial charge in [-0.1, -0.05) is 43.0 Å². The van der Waals surface area contributed by atoms with Crippen molar-refractivity contribution in [3.8, 4) is 0 Å². The summed E-state index contributed by atoms with van der Waals surface area (Å²) in [5, 5.41) is 11.6. The predicted octanol–water partition coefficient (Wildman–Crippen LogP) is 3.84. The molecule has 0 saturated heterocycles. The van der Waals surface area contributed by atoms with Crippen LogP contribution in [0.25, 0.3) is 0 Å². The van der Waals surface area contributed by atoms with Gasteiger partial charge in [0.1, 0.15) is 0 Å². The Morgan fingerprint density at radius 2 is 1.86 bits per heavy atom. The quantitative estimate of drug-likeness (QED) is 0.468. The molecule has 0 aliphatic heterocycles. The lowest BCUT2D eigenvalue weighted by Gasteiger charge is -2.23. The number of benzene rings is 1. The second-order valence-corrected chi connectivity index (χ2v) is 11.6. The minimum Gasteiger partial charge on any atom is -0.301 e. The molecule has 0 radical (unpaired) electrons. The Balaban J connectivity index is 1.95. The summed E-state index contributed by atoms with van der Waals surface area (Å²) in [6.45, 7) is 8.22. The molecular formula is C18H26N4O3S3. The summed E-state index contributed by atoms with van der Waals surface area (Å²) < 4.78 is 26.6. The summed E-state index contributed by atoms with van der Waals surface area (Å²) in [4.78, 5) is 12.2. The molecule has 0 aliphatic rings. The standard InChI is InChI=1S/C18H26N4O3S3/c1-12(2)26-18-21-20-17(27-18)19-16(23)7-6-8-22(28(5,24)25)15-10-13(3)9-14(4)11-15/h9-12H,6-8H2,1-5H3,(H,19,20,23). The highest BCUT2D eigenvalue weighted by Crippen LogP contribution is 2.28. The van der Waals surface area contributed by atoms with Crippen molar-refractivity contribution in [1.82, 2.24) is 10.2 Å². The summed E-state index contributed by atoms with van der Waals surface area (Å²) >= 11 is 2.93. The molecule has 0 spiro atoms. The third-order valence-electron chi connectivity index (χ3n) is 3.65. The fraction of sp³-hybridized carbons (Fsp3) is 0.500. The van der Waals surface area contributed by atoms with Crippen LogP contribution in [0.5, 0.6) is 0 Å². The van der Waals surface area contributed by atoms with E-state index in [0.29, 0.717) is 22.5 Å². The number of thioether (sulfide) groups is 1. The molecule has 0 atom stereocenters. The van der Waals surface area contributed by atoms with Crippen molar-refractivity contribution in [3.63, 3.8) is 0 Å². The first-order valence-corrected chi connectivity index (χ1v) is 12.4. The Labute approximate surface area is 175 Å². The highest BCUT2D eigenvalue weighted by atomic mass is 32.2. The van der Waals surface area contributed by atoms with E-state index in [1.54, 1.807) is 11.8 Å². The van der Waals surface area contributed by atoms with E-state index in [4.69, 9.17) is 0 Å². The Bertz CT molecular complexity index is 906. The Kier molecular flexibility index (Phi) is 7.85. The van der Waals surface area contributed by atoms with Crippen molar-refractivity contribution < 1.29 is 13.2 Å². The topological polar surface area (TPSA) is 92.3 Å². The highest BCUT2D eigenvalue weighted by Gasteiger charge is 2.18. The molecule has 0 saturated carbocycles. The van der Waals surface area contributed by atoms with Crippen LogP contribution in [0.3, 0.4) is 0 Å². The first-order chi connectivity index (χ1) is 13.0. The first kappa shape index (κ1) is 22.6. The van der Waals surface area contributed by atoms with Crippen LogP contribution in [0, 0.1) is 13.8 Å². The van der Waals surface area contributed by atoms with E-state index in [9.17, 15) is 13.2 Å². The lowest BCUT2D eigenvalue weighted by Crippen LogP contribution is -2.31. The van der Waals surface area contributed by atoms with E-state index in [2.05, 4.69) is 29.4 Å². The third kappa shape index (κ3) is 7.06. The van der Waals surface area contributed by atoms with Gasteiger partial charge in [-0.05, 0) is 43.5 Å². The van der Waals surface area contributed by atoms with E-state index < -0.39 is 10.0 Å². The number of sulfonamides is 1. The van der Waals surface area contributed by atoms with Gasteiger partial charge in [0.05, 0.1) is 11.9 Å². The van der Waals surface area contributed by atoms with Crippen LogP contribution in [-0.4, -0.2) is 42.6 Å². The van der Waals surface area contributed by atoms with Gasteiger partial charge in [0.2, 0.25) is 21.1 Å². The summed E-state index contributed by atoms with van der Waals surface area (Å²) in [6.07, 6.45) is 1.78.